The highest BCUT2D eigenvalue weighted by atomic mass is 31.2. The highest BCUT2D eigenvalue weighted by molar-refractivity contribution is 7.56. The summed E-state index contributed by atoms with van der Waals surface area (Å²) in [5.41, 5.74) is -4.06. The van der Waals surface area contributed by atoms with E-state index in [0.29, 0.717) is 12.8 Å². The average Bonchev–Trinajstić information content (AvgIpc) is 2.29. The van der Waals surface area contributed by atoms with Gasteiger partial charge >= 0.3 is 13.3 Å². The first-order valence-corrected chi connectivity index (χ1v) is 7.70. The molecule has 0 aromatic rings. The summed E-state index contributed by atoms with van der Waals surface area (Å²) in [6.07, 6.45) is 1.52. The molecular formula is C11H21F2O4P. The van der Waals surface area contributed by atoms with Crippen molar-refractivity contribution < 1.29 is 27.2 Å². The highest BCUT2D eigenvalue weighted by Gasteiger charge is 2.58. The molecule has 0 aliphatic heterocycles. The Kier molecular flexibility index (Phi) is 7.83. The van der Waals surface area contributed by atoms with Crippen LogP contribution in [0.5, 0.6) is 0 Å². The summed E-state index contributed by atoms with van der Waals surface area (Å²) in [5.74, 6) is -1.37. The minimum absolute atomic E-state index is 0.199. The van der Waals surface area contributed by atoms with Crippen LogP contribution >= 0.6 is 7.60 Å². The SMILES string of the molecule is CCCCCC(=O)C(F)(F)P(=O)(OCC)OCC. The third kappa shape index (κ3) is 4.41. The lowest BCUT2D eigenvalue weighted by Crippen LogP contribution is -2.30. The molecule has 0 fully saturated rings. The number of alkyl halides is 2. The van der Waals surface area contributed by atoms with E-state index in [4.69, 9.17) is 0 Å². The van der Waals surface area contributed by atoms with Gasteiger partial charge in [-0.1, -0.05) is 19.8 Å². The van der Waals surface area contributed by atoms with Crippen molar-refractivity contribution in [2.45, 2.75) is 52.1 Å². The molecule has 4 nitrogen and oxygen atoms in total. The molecule has 0 atom stereocenters. The van der Waals surface area contributed by atoms with Crippen molar-refractivity contribution in [3.8, 4) is 0 Å². The lowest BCUT2D eigenvalue weighted by atomic mass is 10.1. The van der Waals surface area contributed by atoms with Gasteiger partial charge in [0.25, 0.3) is 0 Å². The number of carbonyl (C=O) groups excluding carboxylic acids is 1. The van der Waals surface area contributed by atoms with E-state index in [1.165, 1.54) is 13.8 Å². The van der Waals surface area contributed by atoms with Crippen LogP contribution in [0.4, 0.5) is 8.78 Å². The van der Waals surface area contributed by atoms with Crippen LogP contribution in [-0.4, -0.2) is 24.7 Å². The predicted octanol–water partition coefficient (Wildman–Crippen LogP) is 3.99. The van der Waals surface area contributed by atoms with E-state index >= 15 is 0 Å². The minimum Gasteiger partial charge on any atom is -0.304 e. The van der Waals surface area contributed by atoms with Gasteiger partial charge < -0.3 is 9.05 Å². The van der Waals surface area contributed by atoms with Crippen LogP contribution in [0.3, 0.4) is 0 Å². The van der Waals surface area contributed by atoms with Crippen molar-refractivity contribution in [3.05, 3.63) is 0 Å². The molecule has 0 N–H and O–H groups in total. The van der Waals surface area contributed by atoms with Crippen molar-refractivity contribution >= 4 is 13.4 Å². The molecule has 0 aliphatic rings. The van der Waals surface area contributed by atoms with Gasteiger partial charge in [0.05, 0.1) is 13.2 Å². The van der Waals surface area contributed by atoms with Crippen LogP contribution in [-0.2, 0) is 18.4 Å². The summed E-state index contributed by atoms with van der Waals surface area (Å²) in [4.78, 5) is 11.5. The Balaban J connectivity index is 4.82. The second-order valence-electron chi connectivity index (χ2n) is 3.75. The summed E-state index contributed by atoms with van der Waals surface area (Å²) in [6, 6.07) is 0. The van der Waals surface area contributed by atoms with Crippen LogP contribution < -0.4 is 0 Å². The Bertz CT molecular complexity index is 297. The number of unbranched alkanes of at least 4 members (excludes halogenated alkanes) is 2. The van der Waals surface area contributed by atoms with Crippen molar-refractivity contribution in [2.75, 3.05) is 13.2 Å². The van der Waals surface area contributed by atoms with Crippen molar-refractivity contribution in [3.63, 3.8) is 0 Å². The van der Waals surface area contributed by atoms with Crippen LogP contribution in [0, 0.1) is 0 Å². The van der Waals surface area contributed by atoms with Gasteiger partial charge in [-0.05, 0) is 20.3 Å². The van der Waals surface area contributed by atoms with Gasteiger partial charge in [-0.3, -0.25) is 9.36 Å². The molecule has 0 rings (SSSR count). The second kappa shape index (κ2) is 7.97. The van der Waals surface area contributed by atoms with Gasteiger partial charge in [-0.2, -0.15) is 8.78 Å². The Morgan fingerprint density at radius 2 is 1.61 bits per heavy atom. The Morgan fingerprint density at radius 1 is 1.11 bits per heavy atom. The molecule has 0 saturated carbocycles. The van der Waals surface area contributed by atoms with Crippen LogP contribution in [0.1, 0.15) is 46.5 Å². The standard InChI is InChI=1S/C11H21F2O4P/c1-4-7-8-9-10(14)11(12,13)18(15,16-5-2)17-6-3/h4-9H2,1-3H3. The average molecular weight is 286 g/mol. The van der Waals surface area contributed by atoms with Gasteiger partial charge in [0, 0.05) is 6.42 Å². The number of carbonyl (C=O) groups is 1. The fourth-order valence-corrected chi connectivity index (χ4v) is 2.87. The molecule has 18 heavy (non-hydrogen) atoms. The molecule has 0 aliphatic carbocycles. The van der Waals surface area contributed by atoms with Gasteiger partial charge in [0.1, 0.15) is 0 Å². The molecule has 0 radical (unpaired) electrons. The van der Waals surface area contributed by atoms with E-state index < -0.39 is 19.0 Å². The number of hydrogen-bond acceptors (Lipinski definition) is 4. The van der Waals surface area contributed by atoms with Crippen molar-refractivity contribution in [1.29, 1.82) is 0 Å². The first-order valence-electron chi connectivity index (χ1n) is 6.16. The number of hydrogen-bond donors (Lipinski definition) is 0. The van der Waals surface area contributed by atoms with Gasteiger partial charge in [-0.15, -0.1) is 0 Å². The van der Waals surface area contributed by atoms with E-state index in [-0.39, 0.29) is 19.6 Å². The van der Waals surface area contributed by atoms with E-state index in [2.05, 4.69) is 9.05 Å². The summed E-state index contributed by atoms with van der Waals surface area (Å²) in [5, 5.41) is 0. The first kappa shape index (κ1) is 17.7. The van der Waals surface area contributed by atoms with Gasteiger partial charge in [-0.25, -0.2) is 0 Å². The third-order valence-electron chi connectivity index (χ3n) is 2.28. The Labute approximate surface area is 107 Å². The lowest BCUT2D eigenvalue weighted by molar-refractivity contribution is -0.135. The molecule has 0 spiro atoms. The fraction of sp³-hybridized carbons (Fsp3) is 0.909. The topological polar surface area (TPSA) is 52.6 Å². The Hall–Kier alpha value is -0.320. The number of halogens is 2. The number of rotatable bonds is 10. The largest absolute Gasteiger partial charge is 0.407 e. The van der Waals surface area contributed by atoms with E-state index in [1.807, 2.05) is 6.92 Å². The quantitative estimate of drug-likeness (QED) is 0.450. The normalized spacial score (nSPS) is 12.7. The first-order chi connectivity index (χ1) is 8.35. The molecule has 7 heteroatoms. The van der Waals surface area contributed by atoms with Crippen molar-refractivity contribution in [2.24, 2.45) is 0 Å². The molecular weight excluding hydrogens is 265 g/mol. The molecule has 108 valence electrons. The van der Waals surface area contributed by atoms with Crippen molar-refractivity contribution in [1.82, 2.24) is 0 Å². The summed E-state index contributed by atoms with van der Waals surface area (Å²) < 4.78 is 48.6. The van der Waals surface area contributed by atoms with E-state index in [1.54, 1.807) is 0 Å². The maximum atomic E-state index is 13.8. The zero-order valence-electron chi connectivity index (χ0n) is 11.1. The van der Waals surface area contributed by atoms with E-state index in [9.17, 15) is 18.1 Å². The molecule has 0 unspecified atom stereocenters. The zero-order chi connectivity index (χ0) is 14.2. The predicted molar refractivity (Wildman–Crippen MR) is 65.0 cm³/mol. The molecule has 0 aromatic carbocycles. The van der Waals surface area contributed by atoms with Crippen LogP contribution in [0.15, 0.2) is 0 Å². The van der Waals surface area contributed by atoms with Gasteiger partial charge in [0.15, 0.2) is 0 Å². The molecule has 0 amide bonds. The summed E-state index contributed by atoms with van der Waals surface area (Å²) in [7, 11) is -4.71. The molecule has 0 bridgehead atoms. The van der Waals surface area contributed by atoms with E-state index in [0.717, 1.165) is 6.42 Å². The maximum Gasteiger partial charge on any atom is 0.407 e. The highest BCUT2D eigenvalue weighted by Crippen LogP contribution is 2.62. The van der Waals surface area contributed by atoms with Gasteiger partial charge in [0.2, 0.25) is 5.78 Å². The zero-order valence-corrected chi connectivity index (χ0v) is 12.0. The smallest absolute Gasteiger partial charge is 0.304 e. The van der Waals surface area contributed by atoms with Crippen LogP contribution in [0.25, 0.3) is 0 Å². The lowest BCUT2D eigenvalue weighted by Gasteiger charge is -2.24. The van der Waals surface area contributed by atoms with Crippen LogP contribution in [0.2, 0.25) is 0 Å². The summed E-state index contributed by atoms with van der Waals surface area (Å²) in [6.45, 7) is 4.34. The second-order valence-corrected chi connectivity index (χ2v) is 5.83. The number of ketones is 1. The monoisotopic (exact) mass is 286 g/mol. The molecule has 0 aromatic heterocycles. The third-order valence-corrected chi connectivity index (χ3v) is 4.42. The fourth-order valence-electron chi connectivity index (χ4n) is 1.38. The maximum absolute atomic E-state index is 13.8. The molecule has 0 saturated heterocycles. The minimum atomic E-state index is -4.71. The molecule has 0 heterocycles. The Morgan fingerprint density at radius 3 is 2.00 bits per heavy atom. The number of Topliss-reactive ketones (excluding diaryl/α,β-unsaturated/α-hetero) is 1. The summed E-state index contributed by atoms with van der Waals surface area (Å²) >= 11 is 0.